The molecule has 0 atom stereocenters. The van der Waals surface area contributed by atoms with Crippen molar-refractivity contribution >= 4 is 17.4 Å². The van der Waals surface area contributed by atoms with Gasteiger partial charge in [0.15, 0.2) is 0 Å². The lowest BCUT2D eigenvalue weighted by molar-refractivity contribution is -0.119. The molecule has 0 spiro atoms. The molecule has 0 saturated heterocycles. The number of rotatable bonds is 4. The van der Waals surface area contributed by atoms with E-state index in [-0.39, 0.29) is 5.91 Å². The first-order valence-corrected chi connectivity index (χ1v) is 4.96. The number of amides is 1. The molecule has 0 bridgehead atoms. The van der Waals surface area contributed by atoms with Crippen molar-refractivity contribution < 1.29 is 4.79 Å². The summed E-state index contributed by atoms with van der Waals surface area (Å²) in [4.78, 5) is 13.3. The van der Waals surface area contributed by atoms with Gasteiger partial charge in [-0.15, -0.1) is 0 Å². The van der Waals surface area contributed by atoms with E-state index in [4.69, 9.17) is 5.73 Å². The van der Waals surface area contributed by atoms with E-state index in [1.807, 2.05) is 7.05 Å². The molecule has 1 amide bonds. The van der Waals surface area contributed by atoms with Crippen molar-refractivity contribution in [2.45, 2.75) is 18.9 Å². The van der Waals surface area contributed by atoms with Crippen LogP contribution in [0.5, 0.6) is 0 Å². The van der Waals surface area contributed by atoms with Crippen molar-refractivity contribution in [1.29, 1.82) is 0 Å². The number of carbonyl (C=O) groups excluding carboxylic acids is 1. The number of anilines is 2. The van der Waals surface area contributed by atoms with E-state index in [0.717, 1.165) is 18.5 Å². The molecular weight excluding hydrogens is 194 g/mol. The van der Waals surface area contributed by atoms with Gasteiger partial charge in [-0.2, -0.15) is 5.10 Å². The molecule has 1 heterocycles. The maximum absolute atomic E-state index is 11.5. The van der Waals surface area contributed by atoms with Crippen molar-refractivity contribution in [2.75, 3.05) is 24.2 Å². The van der Waals surface area contributed by atoms with Crippen LogP contribution < -0.4 is 16.0 Å². The Morgan fingerprint density at radius 1 is 1.80 bits per heavy atom. The Balaban J connectivity index is 1.88. The fraction of sp³-hybridized carbons (Fsp3) is 0.556. The zero-order chi connectivity index (χ0) is 10.8. The first kappa shape index (κ1) is 9.82. The Morgan fingerprint density at radius 2 is 2.53 bits per heavy atom. The number of nitrogen functional groups attached to an aromatic ring is 1. The number of aromatic nitrogens is 2. The molecule has 0 unspecified atom stereocenters. The molecule has 0 aliphatic heterocycles. The standard InChI is InChI=1S/C9H15N5O/c1-14(7-4-11-13-9(7)10)5-8(15)12-6-2-3-6/h4,6H,2-3,5H2,1H3,(H,12,15)(H3,10,11,13). The number of H-pyrrole nitrogens is 1. The van der Waals surface area contributed by atoms with Gasteiger partial charge in [-0.05, 0) is 12.8 Å². The van der Waals surface area contributed by atoms with E-state index in [9.17, 15) is 4.79 Å². The van der Waals surface area contributed by atoms with Gasteiger partial charge in [0, 0.05) is 13.1 Å². The maximum Gasteiger partial charge on any atom is 0.239 e. The second-order valence-corrected chi connectivity index (χ2v) is 3.87. The summed E-state index contributed by atoms with van der Waals surface area (Å²) in [6, 6.07) is 0.396. The van der Waals surface area contributed by atoms with Crippen molar-refractivity contribution in [3.63, 3.8) is 0 Å². The summed E-state index contributed by atoms with van der Waals surface area (Å²) in [5, 5.41) is 9.34. The third kappa shape index (κ3) is 2.39. The summed E-state index contributed by atoms with van der Waals surface area (Å²) in [6.45, 7) is 0.306. The predicted octanol–water partition coefficient (Wildman–Crippen LogP) is -0.293. The van der Waals surface area contributed by atoms with Crippen LogP contribution in [0.3, 0.4) is 0 Å². The molecule has 2 rings (SSSR count). The van der Waals surface area contributed by atoms with Gasteiger partial charge in [0.25, 0.3) is 0 Å². The van der Waals surface area contributed by atoms with E-state index in [1.54, 1.807) is 11.1 Å². The fourth-order valence-corrected chi connectivity index (χ4v) is 1.40. The van der Waals surface area contributed by atoms with Crippen LogP contribution in [-0.2, 0) is 4.79 Å². The lowest BCUT2D eigenvalue weighted by Gasteiger charge is -2.17. The number of hydrogen-bond acceptors (Lipinski definition) is 4. The van der Waals surface area contributed by atoms with Gasteiger partial charge in [0.2, 0.25) is 5.91 Å². The van der Waals surface area contributed by atoms with Crippen molar-refractivity contribution in [2.24, 2.45) is 0 Å². The molecule has 15 heavy (non-hydrogen) atoms. The van der Waals surface area contributed by atoms with Crippen molar-refractivity contribution in [3.8, 4) is 0 Å². The highest BCUT2D eigenvalue weighted by Crippen LogP contribution is 2.20. The van der Waals surface area contributed by atoms with Crippen LogP contribution >= 0.6 is 0 Å². The van der Waals surface area contributed by atoms with E-state index < -0.39 is 0 Å². The topological polar surface area (TPSA) is 87.0 Å². The summed E-state index contributed by atoms with van der Waals surface area (Å²) in [7, 11) is 1.81. The minimum absolute atomic E-state index is 0.0283. The van der Waals surface area contributed by atoms with Gasteiger partial charge < -0.3 is 16.0 Å². The smallest absolute Gasteiger partial charge is 0.239 e. The lowest BCUT2D eigenvalue weighted by atomic mass is 10.4. The molecule has 1 saturated carbocycles. The number of nitrogens with two attached hydrogens (primary N) is 1. The number of nitrogens with one attached hydrogen (secondary N) is 2. The fourth-order valence-electron chi connectivity index (χ4n) is 1.40. The molecule has 1 aromatic rings. The van der Waals surface area contributed by atoms with Gasteiger partial charge in [0.1, 0.15) is 5.82 Å². The summed E-state index contributed by atoms with van der Waals surface area (Å²) >= 11 is 0. The zero-order valence-corrected chi connectivity index (χ0v) is 8.66. The van der Waals surface area contributed by atoms with Crippen LogP contribution in [0, 0.1) is 0 Å². The number of likely N-dealkylation sites (N-methyl/N-ethyl adjacent to an activating group) is 1. The van der Waals surface area contributed by atoms with Gasteiger partial charge >= 0.3 is 0 Å². The Bertz CT molecular complexity index is 357. The molecule has 6 heteroatoms. The average Bonchev–Trinajstić information content (AvgIpc) is 2.85. The van der Waals surface area contributed by atoms with E-state index >= 15 is 0 Å². The number of nitrogens with zero attached hydrogens (tertiary/aromatic N) is 2. The molecular formula is C9H15N5O. The van der Waals surface area contributed by atoms with E-state index in [1.165, 1.54) is 0 Å². The van der Waals surface area contributed by atoms with Crippen molar-refractivity contribution in [3.05, 3.63) is 6.20 Å². The molecule has 1 aliphatic carbocycles. The van der Waals surface area contributed by atoms with Crippen LogP contribution in [-0.4, -0.2) is 35.7 Å². The van der Waals surface area contributed by atoms with Crippen LogP contribution in [0.15, 0.2) is 6.20 Å². The first-order valence-electron chi connectivity index (χ1n) is 4.96. The molecule has 6 nitrogen and oxygen atoms in total. The Kier molecular flexibility index (Phi) is 2.49. The molecule has 1 aromatic heterocycles. The molecule has 4 N–H and O–H groups in total. The summed E-state index contributed by atoms with van der Waals surface area (Å²) in [5.41, 5.74) is 6.39. The van der Waals surface area contributed by atoms with E-state index in [0.29, 0.717) is 18.4 Å². The average molecular weight is 209 g/mol. The molecule has 1 aliphatic rings. The number of hydrogen-bond donors (Lipinski definition) is 3. The highest BCUT2D eigenvalue weighted by molar-refractivity contribution is 5.82. The lowest BCUT2D eigenvalue weighted by Crippen LogP contribution is -2.36. The van der Waals surface area contributed by atoms with Crippen LogP contribution in [0.4, 0.5) is 11.5 Å². The molecule has 0 radical (unpaired) electrons. The van der Waals surface area contributed by atoms with Gasteiger partial charge in [0.05, 0.1) is 18.4 Å². The third-order valence-electron chi connectivity index (χ3n) is 2.38. The highest BCUT2D eigenvalue weighted by atomic mass is 16.2. The third-order valence-corrected chi connectivity index (χ3v) is 2.38. The van der Waals surface area contributed by atoms with Crippen LogP contribution in [0.25, 0.3) is 0 Å². The normalized spacial score (nSPS) is 15.0. The minimum atomic E-state index is 0.0283. The second-order valence-electron chi connectivity index (χ2n) is 3.87. The zero-order valence-electron chi connectivity index (χ0n) is 8.66. The van der Waals surface area contributed by atoms with Gasteiger partial charge in [-0.25, -0.2) is 0 Å². The SMILES string of the molecule is CN(CC(=O)NC1CC1)c1cn[nH]c1N. The molecule has 1 fully saturated rings. The van der Waals surface area contributed by atoms with E-state index in [2.05, 4.69) is 15.5 Å². The Morgan fingerprint density at radius 3 is 3.07 bits per heavy atom. The monoisotopic (exact) mass is 209 g/mol. The highest BCUT2D eigenvalue weighted by Gasteiger charge is 2.23. The van der Waals surface area contributed by atoms with Gasteiger partial charge in [-0.1, -0.05) is 0 Å². The Labute approximate surface area is 87.8 Å². The largest absolute Gasteiger partial charge is 0.382 e. The maximum atomic E-state index is 11.5. The predicted molar refractivity (Wildman–Crippen MR) is 57.4 cm³/mol. The second kappa shape index (κ2) is 3.80. The first-order chi connectivity index (χ1) is 7.16. The molecule has 82 valence electrons. The molecule has 0 aromatic carbocycles. The number of aromatic amines is 1. The summed E-state index contributed by atoms with van der Waals surface area (Å²) in [6.07, 6.45) is 3.81. The quantitative estimate of drug-likeness (QED) is 0.635. The summed E-state index contributed by atoms with van der Waals surface area (Å²) in [5.74, 6) is 0.511. The van der Waals surface area contributed by atoms with Crippen LogP contribution in [0.1, 0.15) is 12.8 Å². The van der Waals surface area contributed by atoms with Gasteiger partial charge in [-0.3, -0.25) is 9.89 Å². The van der Waals surface area contributed by atoms with Crippen molar-refractivity contribution in [1.82, 2.24) is 15.5 Å². The number of carbonyl (C=O) groups is 1. The minimum Gasteiger partial charge on any atom is -0.382 e. The summed E-state index contributed by atoms with van der Waals surface area (Å²) < 4.78 is 0. The van der Waals surface area contributed by atoms with Crippen LogP contribution in [0.2, 0.25) is 0 Å². The Hall–Kier alpha value is -1.72.